The zero-order chi connectivity index (χ0) is 24.6. The van der Waals surface area contributed by atoms with Gasteiger partial charge in [-0.25, -0.2) is 0 Å². The van der Waals surface area contributed by atoms with Crippen LogP contribution in [0.3, 0.4) is 0 Å². The summed E-state index contributed by atoms with van der Waals surface area (Å²) in [7, 11) is 3.23. The molecule has 0 bridgehead atoms. The maximum Gasteiger partial charge on any atom is 0.185 e. The molecule has 0 spiro atoms. The van der Waals surface area contributed by atoms with Gasteiger partial charge in [-0.15, -0.1) is 0 Å². The van der Waals surface area contributed by atoms with Crippen molar-refractivity contribution in [2.75, 3.05) is 14.2 Å². The first-order chi connectivity index (χ1) is 15.3. The van der Waals surface area contributed by atoms with Gasteiger partial charge in [0.15, 0.2) is 5.78 Å². The lowest BCUT2D eigenvalue weighted by Gasteiger charge is -2.28. The molecule has 3 rings (SSSR count). The molecule has 0 radical (unpaired) electrons. The number of carbonyl (C=O) groups excluding carboxylic acids is 1. The Labute approximate surface area is 197 Å². The fourth-order valence-electron chi connectivity index (χ4n) is 4.18. The van der Waals surface area contributed by atoms with Crippen molar-refractivity contribution in [2.45, 2.75) is 65.2 Å². The Balaban J connectivity index is 2.01. The van der Waals surface area contributed by atoms with Crippen molar-refractivity contribution in [3.8, 4) is 17.2 Å². The Morgan fingerprint density at radius 2 is 1.12 bits per heavy atom. The molecule has 33 heavy (non-hydrogen) atoms. The number of Topliss-reactive ketones (excluding diaryl/α,β-unsaturated/α-hetero) is 1. The first-order valence-corrected chi connectivity index (χ1v) is 11.4. The van der Waals surface area contributed by atoms with E-state index in [4.69, 9.17) is 9.47 Å². The van der Waals surface area contributed by atoms with E-state index in [9.17, 15) is 9.90 Å². The minimum absolute atomic E-state index is 0.0690. The molecule has 0 saturated heterocycles. The molecule has 1 fully saturated rings. The highest BCUT2D eigenvalue weighted by atomic mass is 16.5. The average Bonchev–Trinajstić information content (AvgIpc) is 3.06. The molecule has 0 aromatic heterocycles. The second-order valence-electron chi connectivity index (χ2n) is 10.8. The van der Waals surface area contributed by atoms with Gasteiger partial charge in [0.25, 0.3) is 0 Å². The number of hydrogen-bond donors (Lipinski definition) is 1. The predicted octanol–water partition coefficient (Wildman–Crippen LogP) is 6.83. The third kappa shape index (κ3) is 5.50. The quantitative estimate of drug-likeness (QED) is 0.521. The molecule has 4 nitrogen and oxygen atoms in total. The van der Waals surface area contributed by atoms with Gasteiger partial charge >= 0.3 is 0 Å². The molecule has 0 amide bonds. The zero-order valence-electron chi connectivity index (χ0n) is 21.1. The maximum absolute atomic E-state index is 13.2. The smallest absolute Gasteiger partial charge is 0.185 e. The number of phenols is 1. The van der Waals surface area contributed by atoms with E-state index < -0.39 is 0 Å². The Morgan fingerprint density at radius 1 is 0.727 bits per heavy atom. The van der Waals surface area contributed by atoms with Crippen molar-refractivity contribution in [1.82, 2.24) is 0 Å². The van der Waals surface area contributed by atoms with Gasteiger partial charge in [-0.1, -0.05) is 41.5 Å². The van der Waals surface area contributed by atoms with E-state index in [2.05, 4.69) is 41.5 Å². The molecular weight excluding hydrogens is 412 g/mol. The number of phenolic OH excluding ortho intramolecular Hbond substituents is 1. The summed E-state index contributed by atoms with van der Waals surface area (Å²) in [6.45, 7) is 12.6. The van der Waals surface area contributed by atoms with Crippen LogP contribution in [0.15, 0.2) is 41.5 Å². The van der Waals surface area contributed by atoms with Crippen LogP contribution in [0.4, 0.5) is 0 Å². The lowest BCUT2D eigenvalue weighted by Crippen LogP contribution is -2.17. The SMILES string of the molecule is COc1cc(/C=C2\CC/C(=C\c3cc(C(C)(C)C)c(O)c(C(C)(C)C)c3)C2=O)cc(OC)c1. The summed E-state index contributed by atoms with van der Waals surface area (Å²) in [5.41, 5.74) is 4.77. The van der Waals surface area contributed by atoms with Crippen molar-refractivity contribution in [2.24, 2.45) is 0 Å². The first-order valence-electron chi connectivity index (χ1n) is 11.4. The molecule has 1 saturated carbocycles. The summed E-state index contributed by atoms with van der Waals surface area (Å²) in [5, 5.41) is 11.0. The molecule has 1 aliphatic rings. The Morgan fingerprint density at radius 3 is 1.48 bits per heavy atom. The van der Waals surface area contributed by atoms with Crippen molar-refractivity contribution in [3.63, 3.8) is 0 Å². The van der Waals surface area contributed by atoms with Crippen LogP contribution in [-0.2, 0) is 15.6 Å². The van der Waals surface area contributed by atoms with E-state index in [0.717, 1.165) is 33.4 Å². The van der Waals surface area contributed by atoms with Crippen LogP contribution in [0.5, 0.6) is 17.2 Å². The summed E-state index contributed by atoms with van der Waals surface area (Å²) in [6.07, 6.45) is 5.30. The van der Waals surface area contributed by atoms with Crippen LogP contribution in [0, 0.1) is 0 Å². The van der Waals surface area contributed by atoms with Crippen LogP contribution >= 0.6 is 0 Å². The average molecular weight is 449 g/mol. The van der Waals surface area contributed by atoms with Gasteiger partial charge in [0, 0.05) is 28.3 Å². The molecule has 0 unspecified atom stereocenters. The lowest BCUT2D eigenvalue weighted by molar-refractivity contribution is -0.111. The summed E-state index contributed by atoms with van der Waals surface area (Å²) >= 11 is 0. The molecule has 0 atom stereocenters. The molecule has 0 heterocycles. The summed E-state index contributed by atoms with van der Waals surface area (Å²) in [4.78, 5) is 13.2. The van der Waals surface area contributed by atoms with Gasteiger partial charge in [0.1, 0.15) is 17.2 Å². The molecular formula is C29H36O4. The molecule has 1 aliphatic carbocycles. The summed E-state index contributed by atoms with van der Waals surface area (Å²) < 4.78 is 10.7. The highest BCUT2D eigenvalue weighted by Crippen LogP contribution is 2.41. The number of benzene rings is 2. The van der Waals surface area contributed by atoms with E-state index in [1.807, 2.05) is 42.5 Å². The van der Waals surface area contributed by atoms with Crippen LogP contribution in [0.1, 0.15) is 76.6 Å². The fourth-order valence-corrected chi connectivity index (χ4v) is 4.18. The normalized spacial score (nSPS) is 17.2. The molecule has 2 aromatic rings. The lowest BCUT2D eigenvalue weighted by atomic mass is 9.78. The number of aromatic hydroxyl groups is 1. The first kappa shape index (κ1) is 24.6. The number of hydrogen-bond acceptors (Lipinski definition) is 4. The standard InChI is InChI=1S/C29H36O4/c1-28(2,3)24-15-19(16-25(27(24)31)29(4,5)6)12-21-10-9-20(26(21)30)11-18-13-22(32-7)17-23(14-18)33-8/h11-17,31H,9-10H2,1-8H3/b20-11+,21-12+. The number of ketones is 1. The third-order valence-electron chi connectivity index (χ3n) is 6.05. The van der Waals surface area contributed by atoms with E-state index in [0.29, 0.717) is 30.1 Å². The fraction of sp³-hybridized carbons (Fsp3) is 0.414. The van der Waals surface area contributed by atoms with E-state index in [1.165, 1.54) is 0 Å². The largest absolute Gasteiger partial charge is 0.507 e. The second-order valence-corrected chi connectivity index (χ2v) is 10.8. The van der Waals surface area contributed by atoms with Gasteiger partial charge in [-0.05, 0) is 71.2 Å². The minimum Gasteiger partial charge on any atom is -0.507 e. The van der Waals surface area contributed by atoms with Crippen molar-refractivity contribution in [1.29, 1.82) is 0 Å². The van der Waals surface area contributed by atoms with Crippen LogP contribution < -0.4 is 9.47 Å². The Kier molecular flexibility index (Phi) is 6.78. The number of ether oxygens (including phenoxy) is 2. The molecule has 4 heteroatoms. The molecule has 0 aliphatic heterocycles. The van der Waals surface area contributed by atoms with E-state index in [1.54, 1.807) is 14.2 Å². The van der Waals surface area contributed by atoms with Gasteiger partial charge in [-0.2, -0.15) is 0 Å². The zero-order valence-corrected chi connectivity index (χ0v) is 21.1. The predicted molar refractivity (Wildman–Crippen MR) is 135 cm³/mol. The topological polar surface area (TPSA) is 55.8 Å². The van der Waals surface area contributed by atoms with Crippen molar-refractivity contribution in [3.05, 3.63) is 63.7 Å². The summed E-state index contributed by atoms with van der Waals surface area (Å²) in [6, 6.07) is 9.64. The highest BCUT2D eigenvalue weighted by Gasteiger charge is 2.28. The Hall–Kier alpha value is -3.01. The molecule has 2 aromatic carbocycles. The molecule has 1 N–H and O–H groups in total. The number of rotatable bonds is 4. The minimum atomic E-state index is -0.214. The third-order valence-corrected chi connectivity index (χ3v) is 6.05. The summed E-state index contributed by atoms with van der Waals surface area (Å²) in [5.74, 6) is 1.80. The van der Waals surface area contributed by atoms with E-state index >= 15 is 0 Å². The van der Waals surface area contributed by atoms with Crippen LogP contribution in [-0.4, -0.2) is 25.1 Å². The number of methoxy groups -OCH3 is 2. The number of allylic oxidation sites excluding steroid dienone is 2. The van der Waals surface area contributed by atoms with Gasteiger partial charge < -0.3 is 14.6 Å². The maximum atomic E-state index is 13.2. The Bertz CT molecular complexity index is 1060. The van der Waals surface area contributed by atoms with Crippen molar-refractivity contribution >= 4 is 17.9 Å². The second kappa shape index (κ2) is 9.09. The van der Waals surface area contributed by atoms with Crippen LogP contribution in [0.25, 0.3) is 12.2 Å². The van der Waals surface area contributed by atoms with Gasteiger partial charge in [0.2, 0.25) is 0 Å². The van der Waals surface area contributed by atoms with Gasteiger partial charge in [-0.3, -0.25) is 4.79 Å². The molecule has 176 valence electrons. The highest BCUT2D eigenvalue weighted by molar-refractivity contribution is 6.15. The van der Waals surface area contributed by atoms with Gasteiger partial charge in [0.05, 0.1) is 14.2 Å². The number of carbonyl (C=O) groups is 1. The van der Waals surface area contributed by atoms with E-state index in [-0.39, 0.29) is 16.6 Å². The van der Waals surface area contributed by atoms with Crippen molar-refractivity contribution < 1.29 is 19.4 Å². The van der Waals surface area contributed by atoms with Crippen LogP contribution in [0.2, 0.25) is 0 Å². The monoisotopic (exact) mass is 448 g/mol.